The summed E-state index contributed by atoms with van der Waals surface area (Å²) in [5, 5.41) is 12.8. The minimum atomic E-state index is 0.331. The van der Waals surface area contributed by atoms with Gasteiger partial charge in [-0.05, 0) is 24.1 Å². The Morgan fingerprint density at radius 1 is 1.17 bits per heavy atom. The topological polar surface area (TPSA) is 54.4 Å². The van der Waals surface area contributed by atoms with Gasteiger partial charge in [-0.3, -0.25) is 0 Å². The molecular weight excluding hydrogens is 228 g/mol. The van der Waals surface area contributed by atoms with Crippen LogP contribution in [-0.4, -0.2) is 23.7 Å². The van der Waals surface area contributed by atoms with Gasteiger partial charge in [0, 0.05) is 12.6 Å². The Balaban J connectivity index is 1.90. The molecule has 2 rings (SSSR count). The van der Waals surface area contributed by atoms with Crippen LogP contribution < -0.4 is 10.1 Å². The van der Waals surface area contributed by atoms with Gasteiger partial charge in [0.05, 0.1) is 7.11 Å². The second-order valence-electron chi connectivity index (χ2n) is 3.87. The zero-order valence-electron chi connectivity index (χ0n) is 10.3. The first-order valence-electron chi connectivity index (χ1n) is 5.81. The number of nitrogens with zero attached hydrogens (tertiary/aromatic N) is 1. The summed E-state index contributed by atoms with van der Waals surface area (Å²) in [6.07, 6.45) is 0.742. The number of para-hydroxylation sites is 1. The summed E-state index contributed by atoms with van der Waals surface area (Å²) < 4.78 is 5.05. The Bertz CT molecular complexity index is 515. The maximum Gasteiger partial charge on any atom is 0.214 e. The number of rotatable bonds is 5. The van der Waals surface area contributed by atoms with E-state index in [9.17, 15) is 5.11 Å². The van der Waals surface area contributed by atoms with Gasteiger partial charge in [-0.25, -0.2) is 0 Å². The Morgan fingerprint density at radius 3 is 2.78 bits per heavy atom. The van der Waals surface area contributed by atoms with Crippen LogP contribution in [-0.2, 0) is 6.42 Å². The van der Waals surface area contributed by atoms with Crippen molar-refractivity contribution in [2.75, 3.05) is 19.0 Å². The second kappa shape index (κ2) is 5.91. The molecule has 0 spiro atoms. The van der Waals surface area contributed by atoms with E-state index in [0.29, 0.717) is 18.2 Å². The number of phenols is 1. The number of hydrogen-bond acceptors (Lipinski definition) is 4. The summed E-state index contributed by atoms with van der Waals surface area (Å²) >= 11 is 0. The van der Waals surface area contributed by atoms with Crippen molar-refractivity contribution >= 4 is 5.82 Å². The number of anilines is 1. The van der Waals surface area contributed by atoms with E-state index in [0.717, 1.165) is 17.8 Å². The number of ether oxygens (including phenoxy) is 1. The van der Waals surface area contributed by atoms with Crippen molar-refractivity contribution in [1.82, 2.24) is 4.98 Å². The first-order valence-corrected chi connectivity index (χ1v) is 5.81. The highest BCUT2D eigenvalue weighted by atomic mass is 16.5. The maximum atomic E-state index is 9.63. The van der Waals surface area contributed by atoms with Crippen LogP contribution in [0.5, 0.6) is 11.6 Å². The van der Waals surface area contributed by atoms with Gasteiger partial charge in [0.15, 0.2) is 0 Å². The molecule has 1 aromatic carbocycles. The number of phenolic OH excluding ortho intramolecular Hbond substituents is 1. The summed E-state index contributed by atoms with van der Waals surface area (Å²) in [7, 11) is 1.59. The zero-order valence-corrected chi connectivity index (χ0v) is 10.3. The molecule has 0 aliphatic rings. The maximum absolute atomic E-state index is 9.63. The molecule has 0 fully saturated rings. The molecule has 2 N–H and O–H groups in total. The van der Waals surface area contributed by atoms with Crippen molar-refractivity contribution in [3.63, 3.8) is 0 Å². The molecule has 0 saturated heterocycles. The van der Waals surface area contributed by atoms with Gasteiger partial charge in [0.1, 0.15) is 11.6 Å². The van der Waals surface area contributed by atoms with Crippen molar-refractivity contribution in [2.45, 2.75) is 6.42 Å². The number of benzene rings is 1. The van der Waals surface area contributed by atoms with E-state index in [2.05, 4.69) is 10.3 Å². The van der Waals surface area contributed by atoms with Crippen LogP contribution >= 0.6 is 0 Å². The number of pyridine rings is 1. The largest absolute Gasteiger partial charge is 0.508 e. The molecule has 0 saturated carbocycles. The van der Waals surface area contributed by atoms with E-state index in [1.54, 1.807) is 19.2 Å². The van der Waals surface area contributed by atoms with Crippen LogP contribution in [0, 0.1) is 0 Å². The normalized spacial score (nSPS) is 10.1. The van der Waals surface area contributed by atoms with Crippen LogP contribution in [0.1, 0.15) is 5.56 Å². The van der Waals surface area contributed by atoms with Crippen molar-refractivity contribution in [1.29, 1.82) is 0 Å². The van der Waals surface area contributed by atoms with Gasteiger partial charge < -0.3 is 15.2 Å². The Labute approximate surface area is 106 Å². The number of nitrogens with one attached hydrogen (secondary N) is 1. The highest BCUT2D eigenvalue weighted by Gasteiger charge is 2.00. The molecule has 0 aliphatic carbocycles. The van der Waals surface area contributed by atoms with E-state index < -0.39 is 0 Å². The summed E-state index contributed by atoms with van der Waals surface area (Å²) in [6.45, 7) is 0.706. The molecule has 0 atom stereocenters. The molecule has 0 bridgehead atoms. The predicted molar refractivity (Wildman–Crippen MR) is 71.1 cm³/mol. The van der Waals surface area contributed by atoms with E-state index >= 15 is 0 Å². The van der Waals surface area contributed by atoms with Gasteiger partial charge in [0.25, 0.3) is 0 Å². The fraction of sp³-hybridized carbons (Fsp3) is 0.214. The number of methoxy groups -OCH3 is 1. The molecule has 4 nitrogen and oxygen atoms in total. The van der Waals surface area contributed by atoms with Crippen molar-refractivity contribution in [3.8, 4) is 11.6 Å². The van der Waals surface area contributed by atoms with Crippen LogP contribution in [0.15, 0.2) is 42.5 Å². The quantitative estimate of drug-likeness (QED) is 0.848. The molecule has 2 aromatic rings. The molecular formula is C14H16N2O2. The van der Waals surface area contributed by atoms with Crippen LogP contribution in [0.3, 0.4) is 0 Å². The van der Waals surface area contributed by atoms with E-state index in [4.69, 9.17) is 4.74 Å². The molecule has 1 aromatic heterocycles. The molecule has 94 valence electrons. The third kappa shape index (κ3) is 3.13. The summed E-state index contributed by atoms with van der Waals surface area (Å²) in [5.74, 6) is 1.69. The van der Waals surface area contributed by atoms with Crippen LogP contribution in [0.4, 0.5) is 5.82 Å². The number of aromatic nitrogens is 1. The van der Waals surface area contributed by atoms with Crippen molar-refractivity contribution in [3.05, 3.63) is 48.0 Å². The SMILES string of the molecule is COc1cccc(NCCc2ccccc2O)n1. The summed E-state index contributed by atoms with van der Waals surface area (Å²) in [6, 6.07) is 12.9. The summed E-state index contributed by atoms with van der Waals surface area (Å²) in [4.78, 5) is 4.25. The lowest BCUT2D eigenvalue weighted by Gasteiger charge is -2.07. The first kappa shape index (κ1) is 12.2. The van der Waals surface area contributed by atoms with Crippen LogP contribution in [0.2, 0.25) is 0 Å². The average Bonchev–Trinajstić information content (AvgIpc) is 2.41. The Hall–Kier alpha value is -2.23. The molecule has 0 aliphatic heterocycles. The predicted octanol–water partition coefficient (Wildman–Crippen LogP) is 2.45. The third-order valence-corrected chi connectivity index (χ3v) is 2.62. The second-order valence-corrected chi connectivity index (χ2v) is 3.87. The standard InChI is InChI=1S/C14H16N2O2/c1-18-14-8-4-7-13(16-14)15-10-9-11-5-2-3-6-12(11)17/h2-8,17H,9-10H2,1H3,(H,15,16). The molecule has 0 amide bonds. The number of hydrogen-bond donors (Lipinski definition) is 2. The highest BCUT2D eigenvalue weighted by Crippen LogP contribution is 2.16. The lowest BCUT2D eigenvalue weighted by atomic mass is 10.1. The van der Waals surface area contributed by atoms with E-state index in [-0.39, 0.29) is 0 Å². The smallest absolute Gasteiger partial charge is 0.214 e. The van der Waals surface area contributed by atoms with Gasteiger partial charge in [0.2, 0.25) is 5.88 Å². The first-order chi connectivity index (χ1) is 8.79. The minimum Gasteiger partial charge on any atom is -0.508 e. The van der Waals surface area contributed by atoms with Gasteiger partial charge in [-0.15, -0.1) is 0 Å². The molecule has 1 heterocycles. The Kier molecular flexibility index (Phi) is 4.02. The fourth-order valence-corrected chi connectivity index (χ4v) is 1.67. The van der Waals surface area contributed by atoms with Crippen molar-refractivity contribution in [2.24, 2.45) is 0 Å². The van der Waals surface area contributed by atoms with Gasteiger partial charge in [-0.2, -0.15) is 4.98 Å². The number of aromatic hydroxyl groups is 1. The van der Waals surface area contributed by atoms with Crippen LogP contribution in [0.25, 0.3) is 0 Å². The molecule has 4 heteroatoms. The third-order valence-electron chi connectivity index (χ3n) is 2.62. The minimum absolute atomic E-state index is 0.331. The van der Waals surface area contributed by atoms with E-state index in [1.807, 2.05) is 30.3 Å². The molecule has 0 unspecified atom stereocenters. The molecule has 0 radical (unpaired) electrons. The van der Waals surface area contributed by atoms with Gasteiger partial charge in [-0.1, -0.05) is 24.3 Å². The lowest BCUT2D eigenvalue weighted by molar-refractivity contribution is 0.398. The highest BCUT2D eigenvalue weighted by molar-refractivity contribution is 5.38. The molecule has 18 heavy (non-hydrogen) atoms. The average molecular weight is 244 g/mol. The monoisotopic (exact) mass is 244 g/mol. The zero-order chi connectivity index (χ0) is 12.8. The lowest BCUT2D eigenvalue weighted by Crippen LogP contribution is -2.06. The summed E-state index contributed by atoms with van der Waals surface area (Å²) in [5.41, 5.74) is 0.924. The van der Waals surface area contributed by atoms with E-state index in [1.165, 1.54) is 0 Å². The Morgan fingerprint density at radius 2 is 2.00 bits per heavy atom. The fourth-order valence-electron chi connectivity index (χ4n) is 1.67. The van der Waals surface area contributed by atoms with Gasteiger partial charge >= 0.3 is 0 Å². The van der Waals surface area contributed by atoms with Crippen molar-refractivity contribution < 1.29 is 9.84 Å².